The number of nitrogens with zero attached hydrogens (tertiary/aromatic N) is 4. The van der Waals surface area contributed by atoms with Gasteiger partial charge in [0.05, 0.1) is 19.1 Å². The first-order valence-corrected chi connectivity index (χ1v) is 7.07. The number of rotatable bonds is 2. The van der Waals surface area contributed by atoms with Crippen LogP contribution in [0, 0.1) is 19.8 Å². The Kier molecular flexibility index (Phi) is 3.56. The van der Waals surface area contributed by atoms with Crippen molar-refractivity contribution in [3.05, 3.63) is 17.5 Å². The van der Waals surface area contributed by atoms with Crippen LogP contribution in [0.15, 0.2) is 6.07 Å². The summed E-state index contributed by atoms with van der Waals surface area (Å²) in [5.41, 5.74) is 1.94. The summed E-state index contributed by atoms with van der Waals surface area (Å²) in [6.45, 7) is 8.12. The quantitative estimate of drug-likeness (QED) is 0.782. The first-order valence-electron chi connectivity index (χ1n) is 7.07. The van der Waals surface area contributed by atoms with Crippen molar-refractivity contribution in [1.29, 1.82) is 0 Å². The van der Waals surface area contributed by atoms with Crippen LogP contribution in [0.5, 0.6) is 0 Å². The Labute approximate surface area is 118 Å². The number of ether oxygens (including phenoxy) is 1. The lowest BCUT2D eigenvalue weighted by molar-refractivity contribution is -0.140. The van der Waals surface area contributed by atoms with Crippen molar-refractivity contribution < 1.29 is 9.53 Å². The number of carbonyl (C=O) groups is 1. The van der Waals surface area contributed by atoms with E-state index >= 15 is 0 Å². The van der Waals surface area contributed by atoms with E-state index in [0.29, 0.717) is 13.2 Å². The molecule has 1 aromatic heterocycles. The Morgan fingerprint density at radius 2 is 1.80 bits per heavy atom. The Balaban J connectivity index is 1.59. The molecule has 20 heavy (non-hydrogen) atoms. The highest BCUT2D eigenvalue weighted by atomic mass is 16.5. The lowest BCUT2D eigenvalue weighted by Crippen LogP contribution is -2.56. The number of anilines is 1. The molecule has 2 aliphatic heterocycles. The summed E-state index contributed by atoms with van der Waals surface area (Å²) in [4.78, 5) is 25.1. The average Bonchev–Trinajstić information content (AvgIpc) is 2.36. The zero-order valence-electron chi connectivity index (χ0n) is 12.0. The van der Waals surface area contributed by atoms with E-state index in [-0.39, 0.29) is 11.8 Å². The number of morpholine rings is 1. The minimum Gasteiger partial charge on any atom is -0.378 e. The van der Waals surface area contributed by atoms with Crippen LogP contribution in [0.4, 0.5) is 5.95 Å². The molecule has 0 spiro atoms. The summed E-state index contributed by atoms with van der Waals surface area (Å²) >= 11 is 0. The molecule has 3 rings (SSSR count). The van der Waals surface area contributed by atoms with Crippen molar-refractivity contribution in [2.45, 2.75) is 13.8 Å². The molecule has 0 aromatic carbocycles. The van der Waals surface area contributed by atoms with Crippen LogP contribution in [-0.2, 0) is 9.53 Å². The van der Waals surface area contributed by atoms with Crippen molar-refractivity contribution in [2.24, 2.45) is 5.92 Å². The van der Waals surface area contributed by atoms with Gasteiger partial charge >= 0.3 is 0 Å². The van der Waals surface area contributed by atoms with Gasteiger partial charge in [0.1, 0.15) is 0 Å². The molecular formula is C14H20N4O2. The van der Waals surface area contributed by atoms with Crippen LogP contribution in [0.25, 0.3) is 0 Å². The predicted octanol–water partition coefficient (Wildman–Crippen LogP) is 0.388. The maximum Gasteiger partial charge on any atom is 0.229 e. The van der Waals surface area contributed by atoms with Crippen LogP contribution >= 0.6 is 0 Å². The monoisotopic (exact) mass is 276 g/mol. The Bertz CT molecular complexity index is 488. The van der Waals surface area contributed by atoms with Gasteiger partial charge in [0.2, 0.25) is 11.9 Å². The lowest BCUT2D eigenvalue weighted by atomic mass is 9.98. The maximum atomic E-state index is 12.3. The average molecular weight is 276 g/mol. The van der Waals surface area contributed by atoms with Crippen LogP contribution in [0.3, 0.4) is 0 Å². The fourth-order valence-corrected chi connectivity index (χ4v) is 2.69. The minimum atomic E-state index is 0.0810. The van der Waals surface area contributed by atoms with Gasteiger partial charge in [0.15, 0.2) is 0 Å². The van der Waals surface area contributed by atoms with Crippen molar-refractivity contribution >= 4 is 11.9 Å². The molecule has 108 valence electrons. The van der Waals surface area contributed by atoms with E-state index in [9.17, 15) is 4.79 Å². The van der Waals surface area contributed by atoms with Crippen LogP contribution in [0.1, 0.15) is 11.4 Å². The summed E-state index contributed by atoms with van der Waals surface area (Å²) in [5.74, 6) is 1.07. The molecule has 2 saturated heterocycles. The van der Waals surface area contributed by atoms with Crippen LogP contribution < -0.4 is 4.90 Å². The van der Waals surface area contributed by atoms with E-state index < -0.39 is 0 Å². The standard InChI is InChI=1S/C14H20N4O2/c1-10-7-11(2)16-14(15-10)18-8-12(9-18)13(19)17-3-5-20-6-4-17/h7,12H,3-6,8-9H2,1-2H3. The molecule has 1 amide bonds. The summed E-state index contributed by atoms with van der Waals surface area (Å²) in [6, 6.07) is 1.96. The zero-order valence-corrected chi connectivity index (χ0v) is 12.0. The fraction of sp³-hybridized carbons (Fsp3) is 0.643. The van der Waals surface area contributed by atoms with Gasteiger partial charge in [0, 0.05) is 37.6 Å². The molecule has 0 saturated carbocycles. The van der Waals surface area contributed by atoms with E-state index in [0.717, 1.165) is 43.5 Å². The highest BCUT2D eigenvalue weighted by Crippen LogP contribution is 2.23. The third-order valence-corrected chi connectivity index (χ3v) is 3.81. The van der Waals surface area contributed by atoms with Crippen molar-refractivity contribution in [1.82, 2.24) is 14.9 Å². The first-order chi connectivity index (χ1) is 9.63. The van der Waals surface area contributed by atoms with Gasteiger partial charge in [0.25, 0.3) is 0 Å². The van der Waals surface area contributed by atoms with Gasteiger partial charge < -0.3 is 14.5 Å². The first kappa shape index (κ1) is 13.3. The molecule has 0 atom stereocenters. The second-order valence-corrected chi connectivity index (χ2v) is 5.49. The molecule has 3 heterocycles. The normalized spacial score (nSPS) is 19.9. The number of aromatic nitrogens is 2. The number of hydrogen-bond acceptors (Lipinski definition) is 5. The summed E-state index contributed by atoms with van der Waals surface area (Å²) in [7, 11) is 0. The van der Waals surface area contributed by atoms with Crippen molar-refractivity contribution in [3.63, 3.8) is 0 Å². The SMILES string of the molecule is Cc1cc(C)nc(N2CC(C(=O)N3CCOCC3)C2)n1. The van der Waals surface area contributed by atoms with E-state index in [1.54, 1.807) is 0 Å². The van der Waals surface area contributed by atoms with Crippen molar-refractivity contribution in [2.75, 3.05) is 44.3 Å². The van der Waals surface area contributed by atoms with E-state index in [1.165, 1.54) is 0 Å². The second kappa shape index (κ2) is 5.36. The number of amides is 1. The smallest absolute Gasteiger partial charge is 0.229 e. The van der Waals surface area contributed by atoms with Crippen LogP contribution in [0.2, 0.25) is 0 Å². The molecule has 6 heteroatoms. The summed E-state index contributed by atoms with van der Waals surface area (Å²) in [6.07, 6.45) is 0. The Morgan fingerprint density at radius 3 is 2.40 bits per heavy atom. The molecule has 0 unspecified atom stereocenters. The molecule has 0 bridgehead atoms. The molecule has 0 N–H and O–H groups in total. The number of hydrogen-bond donors (Lipinski definition) is 0. The van der Waals surface area contributed by atoms with Crippen LogP contribution in [-0.4, -0.2) is 60.2 Å². The summed E-state index contributed by atoms with van der Waals surface area (Å²) < 4.78 is 5.27. The predicted molar refractivity (Wildman–Crippen MR) is 74.6 cm³/mol. The molecule has 0 aliphatic carbocycles. The third-order valence-electron chi connectivity index (χ3n) is 3.81. The summed E-state index contributed by atoms with van der Waals surface area (Å²) in [5, 5.41) is 0. The molecule has 1 aromatic rings. The van der Waals surface area contributed by atoms with Gasteiger partial charge in [-0.2, -0.15) is 0 Å². The molecular weight excluding hydrogens is 256 g/mol. The van der Waals surface area contributed by atoms with Gasteiger partial charge in [-0.3, -0.25) is 4.79 Å². The highest BCUT2D eigenvalue weighted by Gasteiger charge is 2.37. The van der Waals surface area contributed by atoms with Crippen molar-refractivity contribution in [3.8, 4) is 0 Å². The maximum absolute atomic E-state index is 12.3. The third kappa shape index (κ3) is 2.60. The van der Waals surface area contributed by atoms with Gasteiger partial charge in [-0.25, -0.2) is 9.97 Å². The lowest BCUT2D eigenvalue weighted by Gasteiger charge is -2.41. The Hall–Kier alpha value is -1.69. The van der Waals surface area contributed by atoms with E-state index in [2.05, 4.69) is 14.9 Å². The number of carbonyl (C=O) groups excluding carboxylic acids is 1. The molecule has 6 nitrogen and oxygen atoms in total. The number of aryl methyl sites for hydroxylation is 2. The second-order valence-electron chi connectivity index (χ2n) is 5.49. The van der Waals surface area contributed by atoms with Gasteiger partial charge in [-0.1, -0.05) is 0 Å². The van der Waals surface area contributed by atoms with E-state index in [4.69, 9.17) is 4.74 Å². The molecule has 2 fully saturated rings. The molecule has 2 aliphatic rings. The highest BCUT2D eigenvalue weighted by molar-refractivity contribution is 5.81. The Morgan fingerprint density at radius 1 is 1.20 bits per heavy atom. The largest absolute Gasteiger partial charge is 0.378 e. The van der Waals surface area contributed by atoms with E-state index in [1.807, 2.05) is 24.8 Å². The van der Waals surface area contributed by atoms with Gasteiger partial charge in [-0.05, 0) is 19.9 Å². The fourth-order valence-electron chi connectivity index (χ4n) is 2.69. The molecule has 0 radical (unpaired) electrons. The van der Waals surface area contributed by atoms with Gasteiger partial charge in [-0.15, -0.1) is 0 Å². The minimum absolute atomic E-state index is 0.0810. The zero-order chi connectivity index (χ0) is 14.1. The topological polar surface area (TPSA) is 58.6 Å².